The van der Waals surface area contributed by atoms with Gasteiger partial charge in [-0.15, -0.1) is 0 Å². The van der Waals surface area contributed by atoms with Gasteiger partial charge in [-0.25, -0.2) is 12.8 Å². The van der Waals surface area contributed by atoms with Crippen molar-refractivity contribution in [3.8, 4) is 6.07 Å². The van der Waals surface area contributed by atoms with Gasteiger partial charge in [0.2, 0.25) is 0 Å². The number of hydrogen-bond acceptors (Lipinski definition) is 3. The van der Waals surface area contributed by atoms with Gasteiger partial charge >= 0.3 is 0 Å². The van der Waals surface area contributed by atoms with Crippen molar-refractivity contribution in [3.05, 3.63) is 59.9 Å². The second-order valence-electron chi connectivity index (χ2n) is 4.06. The third-order valence-corrected chi connectivity index (χ3v) is 4.59. The van der Waals surface area contributed by atoms with E-state index < -0.39 is 15.8 Å². The molecule has 2 aromatic carbocycles. The van der Waals surface area contributed by atoms with Crippen LogP contribution < -0.4 is 4.31 Å². The number of benzene rings is 2. The van der Waals surface area contributed by atoms with Gasteiger partial charge in [0.15, 0.2) is 0 Å². The topological polar surface area (TPSA) is 61.2 Å². The predicted octanol–water partition coefficient (Wildman–Crippen LogP) is 2.52. The molecule has 0 saturated carbocycles. The lowest BCUT2D eigenvalue weighted by Gasteiger charge is -2.20. The average molecular weight is 290 g/mol. The van der Waals surface area contributed by atoms with Gasteiger partial charge in [-0.05, 0) is 30.3 Å². The van der Waals surface area contributed by atoms with Crippen LogP contribution in [0.4, 0.5) is 10.1 Å². The lowest BCUT2D eigenvalue weighted by molar-refractivity contribution is 0.589. The van der Waals surface area contributed by atoms with Crippen LogP contribution in [0, 0.1) is 17.1 Å². The summed E-state index contributed by atoms with van der Waals surface area (Å²) in [5, 5.41) is 9.02. The van der Waals surface area contributed by atoms with Crippen molar-refractivity contribution in [1.29, 1.82) is 5.26 Å². The minimum atomic E-state index is -3.90. The van der Waals surface area contributed by atoms with Crippen molar-refractivity contribution in [3.63, 3.8) is 0 Å². The molecule has 2 aromatic rings. The molecule has 0 saturated heterocycles. The molecule has 0 amide bonds. The van der Waals surface area contributed by atoms with Crippen molar-refractivity contribution in [1.82, 2.24) is 0 Å². The summed E-state index contributed by atoms with van der Waals surface area (Å²) < 4.78 is 39.0. The van der Waals surface area contributed by atoms with Crippen molar-refractivity contribution >= 4 is 15.7 Å². The van der Waals surface area contributed by atoms with E-state index in [0.29, 0.717) is 0 Å². The first-order valence-electron chi connectivity index (χ1n) is 5.70. The van der Waals surface area contributed by atoms with Crippen LogP contribution in [-0.4, -0.2) is 15.5 Å². The molecule has 0 spiro atoms. The van der Waals surface area contributed by atoms with E-state index in [4.69, 9.17) is 5.26 Å². The molecule has 0 atom stereocenters. The number of anilines is 1. The highest BCUT2D eigenvalue weighted by Gasteiger charge is 2.23. The zero-order chi connectivity index (χ0) is 14.8. The number of nitriles is 1. The molecular weight excluding hydrogens is 279 g/mol. The number of hydrogen-bond donors (Lipinski definition) is 0. The third-order valence-electron chi connectivity index (χ3n) is 2.82. The maximum atomic E-state index is 13.2. The Morgan fingerprint density at radius 3 is 2.50 bits per heavy atom. The Balaban J connectivity index is 2.52. The van der Waals surface area contributed by atoms with Crippen molar-refractivity contribution in [2.45, 2.75) is 4.90 Å². The Morgan fingerprint density at radius 2 is 1.85 bits per heavy atom. The number of nitrogens with zero attached hydrogens (tertiary/aromatic N) is 2. The summed E-state index contributed by atoms with van der Waals surface area (Å²) in [6.45, 7) is 0. The zero-order valence-corrected chi connectivity index (χ0v) is 11.4. The first-order valence-corrected chi connectivity index (χ1v) is 7.14. The number of sulfonamides is 1. The molecule has 2 rings (SSSR count). The highest BCUT2D eigenvalue weighted by molar-refractivity contribution is 7.92. The molecule has 0 unspecified atom stereocenters. The predicted molar refractivity (Wildman–Crippen MR) is 73.1 cm³/mol. The maximum Gasteiger partial charge on any atom is 0.264 e. The zero-order valence-electron chi connectivity index (χ0n) is 10.6. The van der Waals surface area contributed by atoms with E-state index in [1.165, 1.54) is 37.4 Å². The maximum absolute atomic E-state index is 13.2. The lowest BCUT2D eigenvalue weighted by Crippen LogP contribution is -2.27. The van der Waals surface area contributed by atoms with E-state index in [1.54, 1.807) is 12.1 Å². The smallest absolute Gasteiger partial charge is 0.264 e. The Kier molecular flexibility index (Phi) is 3.72. The molecule has 0 radical (unpaired) electrons. The molecule has 0 aliphatic heterocycles. The van der Waals surface area contributed by atoms with E-state index in [9.17, 15) is 12.8 Å². The van der Waals surface area contributed by atoms with Gasteiger partial charge in [0.25, 0.3) is 10.0 Å². The lowest BCUT2D eigenvalue weighted by atomic mass is 10.2. The number of rotatable bonds is 3. The van der Waals surface area contributed by atoms with E-state index in [1.807, 2.05) is 6.07 Å². The van der Waals surface area contributed by atoms with E-state index >= 15 is 0 Å². The van der Waals surface area contributed by atoms with Crippen molar-refractivity contribution in [2.24, 2.45) is 0 Å². The Hall–Kier alpha value is -2.39. The molecule has 0 aliphatic rings. The Morgan fingerprint density at radius 1 is 1.15 bits per heavy atom. The van der Waals surface area contributed by atoms with E-state index in [0.717, 1.165) is 10.4 Å². The summed E-state index contributed by atoms with van der Waals surface area (Å²) in [4.78, 5) is -0.159. The van der Waals surface area contributed by atoms with Crippen LogP contribution in [0.3, 0.4) is 0 Å². The fourth-order valence-electron chi connectivity index (χ4n) is 1.76. The summed E-state index contributed by atoms with van der Waals surface area (Å²) in [7, 11) is -2.58. The van der Waals surface area contributed by atoms with Crippen LogP contribution in [0.1, 0.15) is 5.56 Å². The van der Waals surface area contributed by atoms with Crippen LogP contribution in [0.25, 0.3) is 0 Å². The first-order chi connectivity index (χ1) is 9.46. The summed E-state index contributed by atoms with van der Waals surface area (Å²) >= 11 is 0. The summed E-state index contributed by atoms with van der Waals surface area (Å²) in [5.41, 5.74) is 0.481. The largest absolute Gasteiger partial charge is 0.268 e. The fraction of sp³-hybridized carbons (Fsp3) is 0.0714. The quantitative estimate of drug-likeness (QED) is 0.872. The highest BCUT2D eigenvalue weighted by Crippen LogP contribution is 2.25. The minimum absolute atomic E-state index is 0.159. The second-order valence-corrected chi connectivity index (χ2v) is 6.03. The van der Waals surface area contributed by atoms with Crippen LogP contribution in [0.15, 0.2) is 53.4 Å². The molecule has 0 aromatic heterocycles. The Labute approximate surface area is 116 Å². The van der Waals surface area contributed by atoms with Crippen LogP contribution in [-0.2, 0) is 10.0 Å². The fourth-order valence-corrected chi connectivity index (χ4v) is 3.00. The van der Waals surface area contributed by atoms with Gasteiger partial charge in [0.05, 0.1) is 16.1 Å². The summed E-state index contributed by atoms with van der Waals surface area (Å²) in [6, 6.07) is 13.0. The molecule has 6 heteroatoms. The molecule has 0 aliphatic carbocycles. The van der Waals surface area contributed by atoms with Gasteiger partial charge in [-0.3, -0.25) is 4.31 Å². The SMILES string of the molecule is CN(c1ccccc1C#N)S(=O)(=O)c1cccc(F)c1. The molecule has 4 nitrogen and oxygen atoms in total. The van der Waals surface area contributed by atoms with Crippen molar-refractivity contribution in [2.75, 3.05) is 11.4 Å². The molecule has 20 heavy (non-hydrogen) atoms. The van der Waals surface area contributed by atoms with E-state index in [2.05, 4.69) is 0 Å². The van der Waals surface area contributed by atoms with E-state index in [-0.39, 0.29) is 16.1 Å². The van der Waals surface area contributed by atoms with Crippen LogP contribution in [0.2, 0.25) is 0 Å². The normalized spacial score (nSPS) is 10.8. The standard InChI is InChI=1S/C14H11FN2O2S/c1-17(14-8-3-2-5-11(14)10-16)20(18,19)13-7-4-6-12(15)9-13/h2-9H,1H3. The monoisotopic (exact) mass is 290 g/mol. The molecular formula is C14H11FN2O2S. The van der Waals surface area contributed by atoms with Crippen LogP contribution >= 0.6 is 0 Å². The molecule has 102 valence electrons. The number of para-hydroxylation sites is 1. The third kappa shape index (κ3) is 2.49. The number of halogens is 1. The van der Waals surface area contributed by atoms with Crippen LogP contribution in [0.5, 0.6) is 0 Å². The van der Waals surface area contributed by atoms with Gasteiger partial charge in [0.1, 0.15) is 11.9 Å². The van der Waals surface area contributed by atoms with Gasteiger partial charge < -0.3 is 0 Å². The summed E-state index contributed by atoms with van der Waals surface area (Å²) in [6.07, 6.45) is 0. The molecule has 0 fully saturated rings. The van der Waals surface area contributed by atoms with Gasteiger partial charge in [-0.1, -0.05) is 18.2 Å². The van der Waals surface area contributed by atoms with Crippen molar-refractivity contribution < 1.29 is 12.8 Å². The summed E-state index contributed by atoms with van der Waals surface area (Å²) in [5.74, 6) is -0.631. The molecule has 0 heterocycles. The molecule has 0 bridgehead atoms. The second kappa shape index (κ2) is 5.31. The highest BCUT2D eigenvalue weighted by atomic mass is 32.2. The first kappa shape index (κ1) is 14.0. The van der Waals surface area contributed by atoms with Gasteiger partial charge in [0, 0.05) is 7.05 Å². The minimum Gasteiger partial charge on any atom is -0.268 e. The van der Waals surface area contributed by atoms with Gasteiger partial charge in [-0.2, -0.15) is 5.26 Å². The Bertz CT molecular complexity index is 782. The molecule has 0 N–H and O–H groups in total. The average Bonchev–Trinajstić information content (AvgIpc) is 2.46.